The summed E-state index contributed by atoms with van der Waals surface area (Å²) in [6.45, 7) is 0. The Morgan fingerprint density at radius 1 is 1.29 bits per heavy atom. The number of aliphatic hydroxyl groups is 1. The van der Waals surface area contributed by atoms with Gasteiger partial charge in [0.15, 0.2) is 0 Å². The molecule has 132 valence electrons. The maximum absolute atomic E-state index is 13.8. The van der Waals surface area contributed by atoms with Crippen LogP contribution in [0.25, 0.3) is 4.83 Å². The van der Waals surface area contributed by atoms with Crippen LogP contribution in [0.3, 0.4) is 0 Å². The van der Waals surface area contributed by atoms with Crippen molar-refractivity contribution in [1.29, 1.82) is 0 Å². The topological polar surface area (TPSA) is 37.5 Å². The molecule has 2 aliphatic carbocycles. The summed E-state index contributed by atoms with van der Waals surface area (Å²) in [4.78, 5) is 6.03. The average Bonchev–Trinajstić information content (AvgIpc) is 3.15. The zero-order valence-corrected chi connectivity index (χ0v) is 14.2. The van der Waals surface area contributed by atoms with Gasteiger partial charge >= 0.3 is 6.18 Å². The first-order valence-electron chi connectivity index (χ1n) is 8.61. The molecule has 3 nitrogen and oxygen atoms in total. The Morgan fingerprint density at radius 2 is 2.00 bits per heavy atom. The van der Waals surface area contributed by atoms with Crippen molar-refractivity contribution in [1.82, 2.24) is 9.38 Å². The Kier molecular flexibility index (Phi) is 3.91. The predicted molar refractivity (Wildman–Crippen MR) is 86.2 cm³/mol. The molecule has 2 heterocycles. The SMILES string of the molecule is OC(CC1(C(F)(F)F)CCCCC1)c1c(C2CC2)sc2cncn12. The number of nitrogens with zero attached hydrogens (tertiary/aromatic N) is 2. The van der Waals surface area contributed by atoms with Gasteiger partial charge in [-0.25, -0.2) is 4.98 Å². The maximum atomic E-state index is 13.8. The Balaban J connectivity index is 1.69. The highest BCUT2D eigenvalue weighted by atomic mass is 32.1. The van der Waals surface area contributed by atoms with E-state index in [1.165, 1.54) is 0 Å². The number of hydrogen-bond acceptors (Lipinski definition) is 3. The van der Waals surface area contributed by atoms with Crippen LogP contribution in [-0.4, -0.2) is 20.7 Å². The highest BCUT2D eigenvalue weighted by Gasteiger charge is 2.55. The van der Waals surface area contributed by atoms with Crippen LogP contribution in [0, 0.1) is 5.41 Å². The van der Waals surface area contributed by atoms with E-state index in [1.807, 2.05) is 0 Å². The van der Waals surface area contributed by atoms with Crippen LogP contribution >= 0.6 is 11.3 Å². The van der Waals surface area contributed by atoms with Crippen molar-refractivity contribution in [3.8, 4) is 0 Å². The third kappa shape index (κ3) is 2.65. The summed E-state index contributed by atoms with van der Waals surface area (Å²) in [6, 6.07) is 0. The summed E-state index contributed by atoms with van der Waals surface area (Å²) in [5, 5.41) is 10.8. The van der Waals surface area contributed by atoms with Gasteiger partial charge in [0, 0.05) is 4.88 Å². The fourth-order valence-corrected chi connectivity index (χ4v) is 5.41. The van der Waals surface area contributed by atoms with E-state index in [0.717, 1.165) is 29.0 Å². The number of imidazole rings is 1. The molecule has 2 aromatic rings. The number of fused-ring (bicyclic) bond motifs is 1. The van der Waals surface area contributed by atoms with Crippen molar-refractivity contribution >= 4 is 16.2 Å². The van der Waals surface area contributed by atoms with Gasteiger partial charge < -0.3 is 5.11 Å². The average molecular weight is 358 g/mol. The Bertz CT molecular complexity index is 726. The number of halogens is 3. The molecule has 2 aliphatic rings. The van der Waals surface area contributed by atoms with E-state index in [-0.39, 0.29) is 19.3 Å². The van der Waals surface area contributed by atoms with Crippen molar-refractivity contribution in [3.63, 3.8) is 0 Å². The minimum Gasteiger partial charge on any atom is -0.387 e. The molecule has 0 radical (unpaired) electrons. The zero-order chi connectivity index (χ0) is 16.9. The molecule has 7 heteroatoms. The van der Waals surface area contributed by atoms with Gasteiger partial charge in [-0.05, 0) is 38.0 Å². The molecule has 0 aromatic carbocycles. The lowest BCUT2D eigenvalue weighted by Gasteiger charge is -2.40. The number of thiazole rings is 1. The van der Waals surface area contributed by atoms with Crippen molar-refractivity contribution in [2.24, 2.45) is 5.41 Å². The lowest BCUT2D eigenvalue weighted by atomic mass is 9.69. The number of hydrogen-bond donors (Lipinski definition) is 1. The minimum absolute atomic E-state index is 0.129. The summed E-state index contributed by atoms with van der Waals surface area (Å²) in [5.41, 5.74) is -1.11. The monoisotopic (exact) mass is 358 g/mol. The molecule has 1 unspecified atom stereocenters. The second-order valence-electron chi connectivity index (χ2n) is 7.29. The van der Waals surface area contributed by atoms with E-state index in [1.54, 1.807) is 28.3 Å². The van der Waals surface area contributed by atoms with Crippen molar-refractivity contribution in [3.05, 3.63) is 23.1 Å². The fraction of sp³-hybridized carbons (Fsp3) is 0.706. The van der Waals surface area contributed by atoms with Crippen LogP contribution in [0.15, 0.2) is 12.5 Å². The standard InChI is InChI=1S/C17H21F3N2OS/c18-17(19,20)16(6-2-1-3-7-16)8-12(23)14-15(11-4-5-11)24-13-9-21-10-22(13)14/h9-12,23H,1-8H2. The smallest absolute Gasteiger partial charge is 0.387 e. The minimum atomic E-state index is -4.27. The Morgan fingerprint density at radius 3 is 2.62 bits per heavy atom. The van der Waals surface area contributed by atoms with Gasteiger partial charge in [-0.15, -0.1) is 11.3 Å². The molecule has 0 aliphatic heterocycles. The van der Waals surface area contributed by atoms with E-state index in [4.69, 9.17) is 0 Å². The molecule has 1 N–H and O–H groups in total. The normalized spacial score (nSPS) is 22.8. The summed E-state index contributed by atoms with van der Waals surface area (Å²) < 4.78 is 43.2. The van der Waals surface area contributed by atoms with Gasteiger partial charge in [-0.1, -0.05) is 19.3 Å². The van der Waals surface area contributed by atoms with E-state index in [9.17, 15) is 18.3 Å². The molecule has 0 bridgehead atoms. The van der Waals surface area contributed by atoms with Gasteiger partial charge in [0.2, 0.25) is 0 Å². The van der Waals surface area contributed by atoms with Crippen molar-refractivity contribution in [2.45, 2.75) is 69.6 Å². The third-order valence-corrected chi connectivity index (χ3v) is 6.86. The van der Waals surface area contributed by atoms with E-state index < -0.39 is 17.7 Å². The van der Waals surface area contributed by atoms with Crippen LogP contribution < -0.4 is 0 Å². The van der Waals surface area contributed by atoms with E-state index >= 15 is 0 Å². The van der Waals surface area contributed by atoms with E-state index in [0.29, 0.717) is 24.5 Å². The lowest BCUT2D eigenvalue weighted by Crippen LogP contribution is -2.41. The van der Waals surface area contributed by atoms with Crippen molar-refractivity contribution in [2.75, 3.05) is 0 Å². The quantitative estimate of drug-likeness (QED) is 0.815. The molecule has 2 saturated carbocycles. The first-order valence-corrected chi connectivity index (χ1v) is 9.42. The molecule has 4 rings (SSSR count). The number of aromatic nitrogens is 2. The Hall–Kier alpha value is -1.08. The second-order valence-corrected chi connectivity index (χ2v) is 8.35. The van der Waals surface area contributed by atoms with Crippen LogP contribution in [-0.2, 0) is 0 Å². The second kappa shape index (κ2) is 5.73. The predicted octanol–water partition coefficient (Wildman–Crippen LogP) is 5.21. The summed E-state index contributed by atoms with van der Waals surface area (Å²) in [5.74, 6) is 0.396. The number of alkyl halides is 3. The Labute approximate surface area is 142 Å². The summed E-state index contributed by atoms with van der Waals surface area (Å²) >= 11 is 1.56. The lowest BCUT2D eigenvalue weighted by molar-refractivity contribution is -0.244. The molecular weight excluding hydrogens is 337 g/mol. The highest BCUT2D eigenvalue weighted by molar-refractivity contribution is 7.17. The van der Waals surface area contributed by atoms with Gasteiger partial charge in [0.05, 0.1) is 23.4 Å². The first-order chi connectivity index (χ1) is 11.4. The molecule has 0 spiro atoms. The van der Waals surface area contributed by atoms with Crippen LogP contribution in [0.4, 0.5) is 13.2 Å². The molecule has 2 fully saturated rings. The number of aliphatic hydroxyl groups excluding tert-OH is 1. The van der Waals surface area contributed by atoms with Crippen LogP contribution in [0.2, 0.25) is 0 Å². The van der Waals surface area contributed by atoms with Crippen LogP contribution in [0.1, 0.15) is 74.0 Å². The van der Waals surface area contributed by atoms with Gasteiger partial charge in [0.25, 0.3) is 0 Å². The number of rotatable bonds is 4. The molecule has 24 heavy (non-hydrogen) atoms. The molecular formula is C17H21F3N2OS. The molecule has 1 atom stereocenters. The van der Waals surface area contributed by atoms with Gasteiger partial charge in [-0.3, -0.25) is 4.40 Å². The van der Waals surface area contributed by atoms with E-state index in [2.05, 4.69) is 4.98 Å². The largest absolute Gasteiger partial charge is 0.394 e. The van der Waals surface area contributed by atoms with Gasteiger partial charge in [-0.2, -0.15) is 13.2 Å². The fourth-order valence-electron chi connectivity index (χ4n) is 4.08. The molecule has 2 aromatic heterocycles. The highest BCUT2D eigenvalue weighted by Crippen LogP contribution is 2.55. The summed E-state index contributed by atoms with van der Waals surface area (Å²) in [6.07, 6.45) is 2.13. The first kappa shape index (κ1) is 16.4. The van der Waals surface area contributed by atoms with Gasteiger partial charge in [0.1, 0.15) is 11.2 Å². The molecule has 0 saturated heterocycles. The maximum Gasteiger partial charge on any atom is 0.394 e. The van der Waals surface area contributed by atoms with Crippen LogP contribution in [0.5, 0.6) is 0 Å². The van der Waals surface area contributed by atoms with Crippen molar-refractivity contribution < 1.29 is 18.3 Å². The third-order valence-electron chi connectivity index (χ3n) is 5.59. The summed E-state index contributed by atoms with van der Waals surface area (Å²) in [7, 11) is 0. The zero-order valence-electron chi connectivity index (χ0n) is 13.4. The molecule has 0 amide bonds.